The SMILES string of the molecule is Cc1ccccc1C(=O)NN1C2=C(CC3=C1CC(C)(C)CC3=O)C(=O)CC(C)(C)C2. The van der Waals surface area contributed by atoms with Gasteiger partial charge in [0.1, 0.15) is 0 Å². The number of nitrogens with one attached hydrogen (secondary N) is 1. The summed E-state index contributed by atoms with van der Waals surface area (Å²) in [6.07, 6.45) is 2.70. The highest BCUT2D eigenvalue weighted by atomic mass is 16.2. The molecule has 1 aliphatic heterocycles. The second-order valence-electron chi connectivity index (χ2n) is 10.5. The summed E-state index contributed by atoms with van der Waals surface area (Å²) in [5, 5.41) is 1.79. The van der Waals surface area contributed by atoms with Gasteiger partial charge in [0, 0.05) is 47.4 Å². The predicted octanol–water partition coefficient (Wildman–Crippen LogP) is 4.63. The third-order valence-electron chi connectivity index (χ3n) is 6.44. The molecule has 0 saturated heterocycles. The normalized spacial score (nSPS) is 22.6. The van der Waals surface area contributed by atoms with Crippen molar-refractivity contribution in [1.29, 1.82) is 0 Å². The first kappa shape index (κ1) is 20.6. The molecule has 5 nitrogen and oxygen atoms in total. The summed E-state index contributed by atoms with van der Waals surface area (Å²) in [6, 6.07) is 7.44. The van der Waals surface area contributed by atoms with Crippen LogP contribution in [0.1, 0.15) is 75.7 Å². The van der Waals surface area contributed by atoms with Crippen molar-refractivity contribution in [3.63, 3.8) is 0 Å². The molecule has 0 aromatic heterocycles. The summed E-state index contributed by atoms with van der Waals surface area (Å²) in [5.74, 6) is -0.0542. The number of rotatable bonds is 2. The van der Waals surface area contributed by atoms with Crippen LogP contribution in [-0.2, 0) is 9.59 Å². The van der Waals surface area contributed by atoms with Crippen LogP contribution in [0.4, 0.5) is 0 Å². The summed E-state index contributed by atoms with van der Waals surface area (Å²) >= 11 is 0. The molecule has 1 amide bonds. The van der Waals surface area contributed by atoms with Crippen LogP contribution in [0, 0.1) is 17.8 Å². The fourth-order valence-electron chi connectivity index (χ4n) is 4.94. The molecule has 1 aromatic rings. The maximum absolute atomic E-state index is 13.2. The Morgan fingerprint density at radius 2 is 1.37 bits per heavy atom. The van der Waals surface area contributed by atoms with Crippen molar-refractivity contribution in [2.45, 2.75) is 66.7 Å². The maximum atomic E-state index is 13.2. The largest absolute Gasteiger partial charge is 0.294 e. The monoisotopic (exact) mass is 406 g/mol. The number of carbonyl (C=O) groups is 3. The number of benzene rings is 1. The fourth-order valence-corrected chi connectivity index (χ4v) is 4.94. The van der Waals surface area contributed by atoms with Crippen LogP contribution in [-0.4, -0.2) is 22.5 Å². The highest BCUT2D eigenvalue weighted by Crippen LogP contribution is 2.48. The third-order valence-corrected chi connectivity index (χ3v) is 6.44. The van der Waals surface area contributed by atoms with Crippen LogP contribution in [0.3, 0.4) is 0 Å². The zero-order valence-electron chi connectivity index (χ0n) is 18.5. The number of hydrogen-bond donors (Lipinski definition) is 1. The number of carbonyl (C=O) groups excluding carboxylic acids is 3. The molecule has 1 aromatic carbocycles. The molecule has 0 saturated carbocycles. The standard InChI is InChI=1S/C25H30N2O3/c1-15-8-6-7-9-16(15)23(30)26-27-19-11-24(2,3)13-21(28)17(19)10-18-20(27)12-25(4,5)14-22(18)29/h6-9H,10-14H2,1-5H3,(H,26,30). The Bertz CT molecular complexity index is 975. The van der Waals surface area contributed by atoms with Gasteiger partial charge in [0.2, 0.25) is 0 Å². The zero-order chi connectivity index (χ0) is 21.8. The molecular weight excluding hydrogens is 376 g/mol. The number of ketones is 2. The molecule has 1 N–H and O–H groups in total. The Balaban J connectivity index is 1.80. The number of aryl methyl sites for hydroxylation is 1. The van der Waals surface area contributed by atoms with E-state index in [-0.39, 0.29) is 28.3 Å². The highest BCUT2D eigenvalue weighted by Gasteiger charge is 2.44. The lowest BCUT2D eigenvalue weighted by atomic mass is 9.69. The van der Waals surface area contributed by atoms with Crippen LogP contribution >= 0.6 is 0 Å². The molecule has 1 heterocycles. The van der Waals surface area contributed by atoms with Crippen LogP contribution in [0.5, 0.6) is 0 Å². The third kappa shape index (κ3) is 3.62. The van der Waals surface area contributed by atoms with E-state index in [1.54, 1.807) is 11.1 Å². The Kier molecular flexibility index (Phi) is 4.75. The molecule has 0 unspecified atom stereocenters. The summed E-state index contributed by atoms with van der Waals surface area (Å²) in [7, 11) is 0. The number of hydrogen-bond acceptors (Lipinski definition) is 4. The van der Waals surface area contributed by atoms with Crippen molar-refractivity contribution in [2.75, 3.05) is 0 Å². The second-order valence-corrected chi connectivity index (χ2v) is 10.5. The van der Waals surface area contributed by atoms with Gasteiger partial charge in [0.05, 0.1) is 0 Å². The minimum atomic E-state index is -0.222. The van der Waals surface area contributed by atoms with Gasteiger partial charge in [-0.3, -0.25) is 24.8 Å². The van der Waals surface area contributed by atoms with E-state index in [1.165, 1.54) is 0 Å². The van der Waals surface area contributed by atoms with Crippen LogP contribution in [0.15, 0.2) is 46.8 Å². The summed E-state index contributed by atoms with van der Waals surface area (Å²) in [6.45, 7) is 10.2. The summed E-state index contributed by atoms with van der Waals surface area (Å²) in [5.41, 5.74) is 7.24. The Hall–Kier alpha value is -2.69. The summed E-state index contributed by atoms with van der Waals surface area (Å²) in [4.78, 5) is 39.2. The summed E-state index contributed by atoms with van der Waals surface area (Å²) < 4.78 is 0. The van der Waals surface area contributed by atoms with Gasteiger partial charge in [0.25, 0.3) is 5.91 Å². The molecule has 0 spiro atoms. The van der Waals surface area contributed by atoms with E-state index in [0.29, 0.717) is 48.8 Å². The van der Waals surface area contributed by atoms with Gasteiger partial charge in [-0.25, -0.2) is 0 Å². The van der Waals surface area contributed by atoms with Gasteiger partial charge < -0.3 is 0 Å². The average molecular weight is 407 g/mol. The van der Waals surface area contributed by atoms with Crippen molar-refractivity contribution in [3.8, 4) is 0 Å². The van der Waals surface area contributed by atoms with Crippen LogP contribution in [0.2, 0.25) is 0 Å². The van der Waals surface area contributed by atoms with Crippen LogP contribution in [0.25, 0.3) is 0 Å². The molecule has 0 bridgehead atoms. The van der Waals surface area contributed by atoms with Gasteiger partial charge >= 0.3 is 0 Å². The minimum Gasteiger partial charge on any atom is -0.294 e. The van der Waals surface area contributed by atoms with Gasteiger partial charge in [-0.15, -0.1) is 0 Å². The topological polar surface area (TPSA) is 66.5 Å². The average Bonchev–Trinajstić information content (AvgIpc) is 2.61. The van der Waals surface area contributed by atoms with Crippen molar-refractivity contribution in [1.82, 2.24) is 10.4 Å². The molecule has 5 heteroatoms. The smallest absolute Gasteiger partial charge is 0.270 e. The first-order valence-corrected chi connectivity index (χ1v) is 10.6. The van der Waals surface area contributed by atoms with Crippen molar-refractivity contribution < 1.29 is 14.4 Å². The first-order valence-electron chi connectivity index (χ1n) is 10.6. The fraction of sp³-hybridized carbons (Fsp3) is 0.480. The molecule has 158 valence electrons. The number of amides is 1. The van der Waals surface area contributed by atoms with E-state index in [4.69, 9.17) is 0 Å². The lowest BCUT2D eigenvalue weighted by Gasteiger charge is -2.46. The van der Waals surface area contributed by atoms with Gasteiger partial charge in [-0.05, 0) is 42.2 Å². The Morgan fingerprint density at radius 1 is 0.867 bits per heavy atom. The molecular formula is C25H30N2O3. The quantitative estimate of drug-likeness (QED) is 0.777. The first-order chi connectivity index (χ1) is 14.0. The molecule has 0 fully saturated rings. The van der Waals surface area contributed by atoms with Crippen molar-refractivity contribution in [3.05, 3.63) is 57.9 Å². The van der Waals surface area contributed by atoms with Gasteiger partial charge in [0.15, 0.2) is 11.6 Å². The zero-order valence-corrected chi connectivity index (χ0v) is 18.5. The molecule has 2 aliphatic carbocycles. The number of hydrazine groups is 1. The number of nitrogens with zero attached hydrogens (tertiary/aromatic N) is 1. The van der Waals surface area contributed by atoms with E-state index in [9.17, 15) is 14.4 Å². The molecule has 4 rings (SSSR count). The molecule has 0 radical (unpaired) electrons. The van der Waals surface area contributed by atoms with E-state index in [0.717, 1.165) is 17.0 Å². The van der Waals surface area contributed by atoms with Gasteiger partial charge in [-0.2, -0.15) is 0 Å². The second kappa shape index (κ2) is 6.93. The maximum Gasteiger partial charge on any atom is 0.270 e. The Morgan fingerprint density at radius 3 is 1.87 bits per heavy atom. The van der Waals surface area contributed by atoms with Gasteiger partial charge in [-0.1, -0.05) is 45.9 Å². The molecule has 0 atom stereocenters. The van der Waals surface area contributed by atoms with E-state index < -0.39 is 0 Å². The van der Waals surface area contributed by atoms with E-state index >= 15 is 0 Å². The molecule has 3 aliphatic rings. The lowest BCUT2D eigenvalue weighted by Crippen LogP contribution is -2.49. The molecule has 30 heavy (non-hydrogen) atoms. The van der Waals surface area contributed by atoms with E-state index in [1.807, 2.05) is 25.1 Å². The lowest BCUT2D eigenvalue weighted by molar-refractivity contribution is -0.119. The Labute approximate surface area is 178 Å². The highest BCUT2D eigenvalue weighted by molar-refractivity contribution is 6.04. The van der Waals surface area contributed by atoms with E-state index in [2.05, 4.69) is 33.1 Å². The number of Topliss-reactive ketones (excluding diaryl/α,β-unsaturated/α-hetero) is 2. The predicted molar refractivity (Wildman–Crippen MR) is 115 cm³/mol. The van der Waals surface area contributed by atoms with Crippen molar-refractivity contribution in [2.24, 2.45) is 10.8 Å². The van der Waals surface area contributed by atoms with Crippen molar-refractivity contribution >= 4 is 17.5 Å². The minimum absolute atomic E-state index is 0.0839. The number of allylic oxidation sites excluding steroid dienone is 4. The van der Waals surface area contributed by atoms with Crippen LogP contribution < -0.4 is 5.43 Å².